The van der Waals surface area contributed by atoms with Gasteiger partial charge in [0.1, 0.15) is 17.7 Å². The van der Waals surface area contributed by atoms with E-state index in [4.69, 9.17) is 0 Å². The van der Waals surface area contributed by atoms with Crippen LogP contribution in [-0.4, -0.2) is 30.5 Å². The first kappa shape index (κ1) is 17.6. The van der Waals surface area contributed by atoms with Gasteiger partial charge in [-0.1, -0.05) is 30.3 Å². The fourth-order valence-electron chi connectivity index (χ4n) is 2.87. The second kappa shape index (κ2) is 7.43. The number of aryl methyl sites for hydroxylation is 1. The molecule has 0 aliphatic carbocycles. The SMILES string of the molecule is Cn1ccnc1C(NC(=O)c1cnn(-c2ccccc2)n1)c1ccc(F)cc1. The van der Waals surface area contributed by atoms with Crippen molar-refractivity contribution in [3.8, 4) is 5.69 Å². The van der Waals surface area contributed by atoms with Gasteiger partial charge in [-0.15, -0.1) is 5.10 Å². The number of hydrogen-bond acceptors (Lipinski definition) is 4. The summed E-state index contributed by atoms with van der Waals surface area (Å²) in [6.45, 7) is 0. The van der Waals surface area contributed by atoms with Crippen LogP contribution in [0.5, 0.6) is 0 Å². The number of benzene rings is 2. The second-order valence-electron chi connectivity index (χ2n) is 6.21. The summed E-state index contributed by atoms with van der Waals surface area (Å²) >= 11 is 0. The summed E-state index contributed by atoms with van der Waals surface area (Å²) in [5.74, 6) is -0.130. The van der Waals surface area contributed by atoms with Crippen LogP contribution in [0, 0.1) is 5.82 Å². The molecule has 2 heterocycles. The summed E-state index contributed by atoms with van der Waals surface area (Å²) in [7, 11) is 1.83. The van der Waals surface area contributed by atoms with Gasteiger partial charge in [0.2, 0.25) is 0 Å². The zero-order valence-corrected chi connectivity index (χ0v) is 15.0. The molecule has 1 unspecified atom stereocenters. The Morgan fingerprint density at radius 1 is 1.11 bits per heavy atom. The van der Waals surface area contributed by atoms with E-state index in [2.05, 4.69) is 20.5 Å². The van der Waals surface area contributed by atoms with E-state index in [1.807, 2.05) is 37.4 Å². The molecule has 0 fully saturated rings. The standard InChI is InChI=1S/C20H17FN6O/c1-26-12-11-22-19(26)18(14-7-9-15(21)10-8-14)24-20(28)17-13-23-27(25-17)16-5-3-2-4-6-16/h2-13,18H,1H3,(H,24,28). The summed E-state index contributed by atoms with van der Waals surface area (Å²) in [4.78, 5) is 18.5. The van der Waals surface area contributed by atoms with E-state index < -0.39 is 11.9 Å². The van der Waals surface area contributed by atoms with Crippen molar-refractivity contribution >= 4 is 5.91 Å². The molecule has 4 rings (SSSR count). The maximum Gasteiger partial charge on any atom is 0.274 e. The molecule has 1 amide bonds. The summed E-state index contributed by atoms with van der Waals surface area (Å²) in [6, 6.07) is 14.7. The number of imidazole rings is 1. The highest BCUT2D eigenvalue weighted by Crippen LogP contribution is 2.21. The van der Waals surface area contributed by atoms with Gasteiger partial charge in [-0.25, -0.2) is 9.37 Å². The molecule has 2 aromatic carbocycles. The fourth-order valence-corrected chi connectivity index (χ4v) is 2.87. The molecule has 1 atom stereocenters. The quantitative estimate of drug-likeness (QED) is 0.581. The lowest BCUT2D eigenvalue weighted by Gasteiger charge is -2.18. The second-order valence-corrected chi connectivity index (χ2v) is 6.21. The Kier molecular flexibility index (Phi) is 4.67. The molecule has 0 spiro atoms. The van der Waals surface area contributed by atoms with Gasteiger partial charge in [-0.05, 0) is 29.8 Å². The molecule has 0 aliphatic heterocycles. The molecule has 140 valence electrons. The van der Waals surface area contributed by atoms with Crippen LogP contribution in [-0.2, 0) is 7.05 Å². The molecular formula is C20H17FN6O. The van der Waals surface area contributed by atoms with Crippen molar-refractivity contribution in [2.45, 2.75) is 6.04 Å². The van der Waals surface area contributed by atoms with Crippen molar-refractivity contribution in [2.24, 2.45) is 7.05 Å². The first-order valence-electron chi connectivity index (χ1n) is 8.63. The van der Waals surface area contributed by atoms with Crippen LogP contribution in [0.2, 0.25) is 0 Å². The molecule has 4 aromatic rings. The number of carbonyl (C=O) groups is 1. The first-order valence-corrected chi connectivity index (χ1v) is 8.63. The Balaban J connectivity index is 1.62. The highest BCUT2D eigenvalue weighted by molar-refractivity contribution is 5.92. The number of para-hydroxylation sites is 1. The Bertz CT molecular complexity index is 1090. The molecule has 1 N–H and O–H groups in total. The van der Waals surface area contributed by atoms with Crippen molar-refractivity contribution in [2.75, 3.05) is 0 Å². The number of rotatable bonds is 5. The van der Waals surface area contributed by atoms with Gasteiger partial charge in [0.05, 0.1) is 11.9 Å². The van der Waals surface area contributed by atoms with E-state index in [9.17, 15) is 9.18 Å². The highest BCUT2D eigenvalue weighted by Gasteiger charge is 2.23. The third kappa shape index (κ3) is 3.52. The number of nitrogens with zero attached hydrogens (tertiary/aromatic N) is 5. The normalized spacial score (nSPS) is 11.9. The number of carbonyl (C=O) groups excluding carboxylic acids is 1. The van der Waals surface area contributed by atoms with Crippen molar-refractivity contribution in [1.82, 2.24) is 29.9 Å². The number of halogens is 1. The molecule has 0 saturated carbocycles. The zero-order chi connectivity index (χ0) is 19.5. The van der Waals surface area contributed by atoms with Crippen molar-refractivity contribution in [3.63, 3.8) is 0 Å². The van der Waals surface area contributed by atoms with Gasteiger partial charge in [0.25, 0.3) is 5.91 Å². The molecule has 0 aliphatic rings. The number of hydrogen-bond donors (Lipinski definition) is 1. The Morgan fingerprint density at radius 2 is 1.86 bits per heavy atom. The molecule has 28 heavy (non-hydrogen) atoms. The summed E-state index contributed by atoms with van der Waals surface area (Å²) in [5, 5.41) is 11.3. The molecule has 0 bridgehead atoms. The van der Waals surface area contributed by atoms with Crippen LogP contribution in [0.1, 0.15) is 27.9 Å². The smallest absolute Gasteiger partial charge is 0.274 e. The van der Waals surface area contributed by atoms with Gasteiger partial charge < -0.3 is 9.88 Å². The number of amides is 1. The van der Waals surface area contributed by atoms with E-state index in [0.29, 0.717) is 11.4 Å². The van der Waals surface area contributed by atoms with Crippen LogP contribution in [0.3, 0.4) is 0 Å². The van der Waals surface area contributed by atoms with Gasteiger partial charge in [0.15, 0.2) is 5.69 Å². The highest BCUT2D eigenvalue weighted by atomic mass is 19.1. The minimum absolute atomic E-state index is 0.171. The molecule has 2 aromatic heterocycles. The van der Waals surface area contributed by atoms with Crippen LogP contribution < -0.4 is 5.32 Å². The third-order valence-electron chi connectivity index (χ3n) is 4.31. The Morgan fingerprint density at radius 3 is 2.54 bits per heavy atom. The topological polar surface area (TPSA) is 77.6 Å². The summed E-state index contributed by atoms with van der Waals surface area (Å²) < 4.78 is 15.1. The van der Waals surface area contributed by atoms with E-state index in [0.717, 1.165) is 5.69 Å². The van der Waals surface area contributed by atoms with Crippen molar-refractivity contribution in [3.05, 3.63) is 96.1 Å². The average molecular weight is 376 g/mol. The fraction of sp³-hybridized carbons (Fsp3) is 0.100. The van der Waals surface area contributed by atoms with Gasteiger partial charge in [-0.3, -0.25) is 4.79 Å². The van der Waals surface area contributed by atoms with Crippen LogP contribution >= 0.6 is 0 Å². The van der Waals surface area contributed by atoms with Gasteiger partial charge in [0, 0.05) is 19.4 Å². The Hall–Kier alpha value is -3.81. The predicted octanol–water partition coefficient (Wildman–Crippen LogP) is 2.66. The molecular weight excluding hydrogens is 359 g/mol. The van der Waals surface area contributed by atoms with Crippen LogP contribution in [0.25, 0.3) is 5.69 Å². The van der Waals surface area contributed by atoms with Gasteiger partial charge >= 0.3 is 0 Å². The van der Waals surface area contributed by atoms with E-state index in [1.54, 1.807) is 29.1 Å². The predicted molar refractivity (Wildman–Crippen MR) is 100 cm³/mol. The zero-order valence-electron chi connectivity index (χ0n) is 15.0. The summed E-state index contributed by atoms with van der Waals surface area (Å²) in [5.41, 5.74) is 1.63. The third-order valence-corrected chi connectivity index (χ3v) is 4.31. The minimum Gasteiger partial charge on any atom is -0.337 e. The monoisotopic (exact) mass is 376 g/mol. The summed E-state index contributed by atoms with van der Waals surface area (Å²) in [6.07, 6.45) is 4.83. The van der Waals surface area contributed by atoms with Gasteiger partial charge in [-0.2, -0.15) is 9.90 Å². The maximum absolute atomic E-state index is 13.3. The van der Waals surface area contributed by atoms with Crippen LogP contribution in [0.15, 0.2) is 73.2 Å². The first-order chi connectivity index (χ1) is 13.6. The average Bonchev–Trinajstić information content (AvgIpc) is 3.37. The Labute approximate surface area is 160 Å². The molecule has 7 nitrogen and oxygen atoms in total. The minimum atomic E-state index is -0.560. The van der Waals surface area contributed by atoms with E-state index in [1.165, 1.54) is 23.1 Å². The van der Waals surface area contributed by atoms with E-state index >= 15 is 0 Å². The van der Waals surface area contributed by atoms with Crippen molar-refractivity contribution < 1.29 is 9.18 Å². The molecule has 0 saturated heterocycles. The lowest BCUT2D eigenvalue weighted by molar-refractivity contribution is 0.0935. The van der Waals surface area contributed by atoms with Crippen molar-refractivity contribution in [1.29, 1.82) is 0 Å². The maximum atomic E-state index is 13.3. The molecule has 0 radical (unpaired) electrons. The number of aromatic nitrogens is 5. The van der Waals surface area contributed by atoms with Crippen LogP contribution in [0.4, 0.5) is 4.39 Å². The van der Waals surface area contributed by atoms with E-state index in [-0.39, 0.29) is 11.5 Å². The number of nitrogens with one attached hydrogen (secondary N) is 1. The molecule has 8 heteroatoms. The largest absolute Gasteiger partial charge is 0.337 e. The lowest BCUT2D eigenvalue weighted by atomic mass is 10.1. The lowest BCUT2D eigenvalue weighted by Crippen LogP contribution is -2.31.